The molecule has 5 nitrogen and oxygen atoms in total. The summed E-state index contributed by atoms with van der Waals surface area (Å²) in [6.45, 7) is -0.0162. The van der Waals surface area contributed by atoms with Crippen LogP contribution < -0.4 is 5.56 Å². The topological polar surface area (TPSA) is 64.8 Å². The fourth-order valence-electron chi connectivity index (χ4n) is 1.90. The second kappa shape index (κ2) is 5.15. The highest BCUT2D eigenvalue weighted by atomic mass is 35.5. The molecule has 0 unspecified atom stereocenters. The molecular formula is C13H8ClN3O2S. The van der Waals surface area contributed by atoms with E-state index < -0.39 is 0 Å². The third-order valence-electron chi connectivity index (χ3n) is 2.85. The molecule has 20 heavy (non-hydrogen) atoms. The largest absolute Gasteiger partial charge is 0.301 e. The van der Waals surface area contributed by atoms with E-state index in [0.29, 0.717) is 27.2 Å². The normalized spacial score (nSPS) is 10.8. The van der Waals surface area contributed by atoms with E-state index in [0.717, 1.165) is 17.1 Å². The number of hydrogen-bond acceptors (Lipinski definition) is 5. The summed E-state index contributed by atoms with van der Waals surface area (Å²) in [7, 11) is 0. The van der Waals surface area contributed by atoms with E-state index in [2.05, 4.69) is 9.36 Å². The van der Waals surface area contributed by atoms with Gasteiger partial charge in [0.25, 0.3) is 5.56 Å². The minimum Gasteiger partial charge on any atom is -0.301 e. The number of halogens is 1. The highest BCUT2D eigenvalue weighted by Crippen LogP contribution is 2.27. The zero-order chi connectivity index (χ0) is 14.1. The first-order valence-electron chi connectivity index (χ1n) is 5.75. The zero-order valence-electron chi connectivity index (χ0n) is 10.1. The van der Waals surface area contributed by atoms with Crippen molar-refractivity contribution < 1.29 is 4.79 Å². The van der Waals surface area contributed by atoms with Crippen LogP contribution >= 0.6 is 23.1 Å². The number of nitrogens with zero attached hydrogens (tertiary/aromatic N) is 3. The molecule has 0 bridgehead atoms. The van der Waals surface area contributed by atoms with Crippen LogP contribution in [0.5, 0.6) is 0 Å². The Labute approximate surface area is 122 Å². The fraction of sp³-hybridized carbons (Fsp3) is 0.0769. The number of benzene rings is 1. The Hall–Kier alpha value is -2.05. The summed E-state index contributed by atoms with van der Waals surface area (Å²) in [6, 6.07) is 7.07. The van der Waals surface area contributed by atoms with Gasteiger partial charge in [0.15, 0.2) is 4.83 Å². The summed E-state index contributed by atoms with van der Waals surface area (Å²) >= 11 is 7.01. The Balaban J connectivity index is 2.26. The molecule has 0 saturated carbocycles. The minimum absolute atomic E-state index is 0.0162. The van der Waals surface area contributed by atoms with E-state index in [1.165, 1.54) is 10.9 Å². The number of fused-ring (bicyclic) bond motifs is 1. The Morgan fingerprint density at radius 1 is 1.30 bits per heavy atom. The van der Waals surface area contributed by atoms with Crippen LogP contribution in [0.2, 0.25) is 5.02 Å². The summed E-state index contributed by atoms with van der Waals surface area (Å²) in [4.78, 5) is 27.6. The van der Waals surface area contributed by atoms with Gasteiger partial charge >= 0.3 is 0 Å². The van der Waals surface area contributed by atoms with Crippen molar-refractivity contribution in [3.63, 3.8) is 0 Å². The van der Waals surface area contributed by atoms with Crippen LogP contribution in [0.15, 0.2) is 35.4 Å². The summed E-state index contributed by atoms with van der Waals surface area (Å²) < 4.78 is 5.56. The summed E-state index contributed by atoms with van der Waals surface area (Å²) in [5.74, 6) is 0. The second-order valence-corrected chi connectivity index (χ2v) is 5.28. The van der Waals surface area contributed by atoms with Gasteiger partial charge in [0.2, 0.25) is 0 Å². The molecule has 0 amide bonds. The van der Waals surface area contributed by atoms with Crippen LogP contribution in [0.4, 0.5) is 0 Å². The van der Waals surface area contributed by atoms with Gasteiger partial charge in [-0.15, -0.1) is 0 Å². The van der Waals surface area contributed by atoms with Gasteiger partial charge in [-0.05, 0) is 23.7 Å². The average Bonchev–Trinajstić information content (AvgIpc) is 2.88. The van der Waals surface area contributed by atoms with Gasteiger partial charge < -0.3 is 4.79 Å². The van der Waals surface area contributed by atoms with E-state index in [1.54, 1.807) is 24.3 Å². The first-order chi connectivity index (χ1) is 9.70. The lowest BCUT2D eigenvalue weighted by atomic mass is 10.1. The van der Waals surface area contributed by atoms with Crippen molar-refractivity contribution in [3.05, 3.63) is 46.0 Å². The van der Waals surface area contributed by atoms with E-state index >= 15 is 0 Å². The van der Waals surface area contributed by atoms with Crippen molar-refractivity contribution in [2.75, 3.05) is 0 Å². The maximum Gasteiger partial charge on any atom is 0.264 e. The Morgan fingerprint density at radius 3 is 2.75 bits per heavy atom. The molecular weight excluding hydrogens is 298 g/mol. The van der Waals surface area contributed by atoms with Crippen LogP contribution in [0.1, 0.15) is 0 Å². The second-order valence-electron chi connectivity index (χ2n) is 4.09. The summed E-state index contributed by atoms with van der Waals surface area (Å²) in [6.07, 6.45) is 2.03. The smallest absolute Gasteiger partial charge is 0.264 e. The molecule has 2 heterocycles. The zero-order valence-corrected chi connectivity index (χ0v) is 11.7. The van der Waals surface area contributed by atoms with Gasteiger partial charge in [-0.25, -0.2) is 4.98 Å². The molecule has 0 radical (unpaired) electrons. The van der Waals surface area contributed by atoms with E-state index in [9.17, 15) is 9.59 Å². The van der Waals surface area contributed by atoms with E-state index in [-0.39, 0.29) is 12.1 Å². The van der Waals surface area contributed by atoms with Crippen LogP contribution in [0.3, 0.4) is 0 Å². The lowest BCUT2D eigenvalue weighted by Crippen LogP contribution is -2.20. The number of hydrogen-bond donors (Lipinski definition) is 0. The lowest BCUT2D eigenvalue weighted by Gasteiger charge is -2.01. The monoisotopic (exact) mass is 305 g/mol. The summed E-state index contributed by atoms with van der Waals surface area (Å²) in [5.41, 5.74) is 1.10. The van der Waals surface area contributed by atoms with Crippen molar-refractivity contribution in [1.82, 2.24) is 13.9 Å². The van der Waals surface area contributed by atoms with Crippen molar-refractivity contribution in [2.24, 2.45) is 0 Å². The first-order valence-corrected chi connectivity index (χ1v) is 6.90. The minimum atomic E-state index is -0.263. The molecule has 0 aliphatic rings. The summed E-state index contributed by atoms with van der Waals surface area (Å²) in [5, 5.41) is 1.05. The van der Waals surface area contributed by atoms with Crippen LogP contribution in [0, 0.1) is 0 Å². The highest BCUT2D eigenvalue weighted by Gasteiger charge is 2.14. The van der Waals surface area contributed by atoms with Gasteiger partial charge in [-0.2, -0.15) is 4.37 Å². The van der Waals surface area contributed by atoms with Gasteiger partial charge in [-0.3, -0.25) is 9.36 Å². The molecule has 7 heteroatoms. The lowest BCUT2D eigenvalue weighted by molar-refractivity contribution is -0.108. The first kappa shape index (κ1) is 13.0. The SMILES string of the molecule is O=CCn1cnc2snc(-c3ccc(Cl)cc3)c2c1=O. The van der Waals surface area contributed by atoms with Crippen molar-refractivity contribution in [1.29, 1.82) is 0 Å². The number of aromatic nitrogens is 3. The third kappa shape index (κ3) is 2.13. The number of aldehydes is 1. The fourth-order valence-corrected chi connectivity index (χ4v) is 2.77. The predicted molar refractivity (Wildman–Crippen MR) is 78.2 cm³/mol. The highest BCUT2D eigenvalue weighted by molar-refractivity contribution is 7.13. The van der Waals surface area contributed by atoms with Gasteiger partial charge in [0.1, 0.15) is 11.7 Å². The number of rotatable bonds is 3. The van der Waals surface area contributed by atoms with E-state index in [4.69, 9.17) is 11.6 Å². The maximum atomic E-state index is 12.3. The molecule has 0 spiro atoms. The van der Waals surface area contributed by atoms with Crippen LogP contribution in [-0.4, -0.2) is 20.2 Å². The van der Waals surface area contributed by atoms with Gasteiger partial charge in [-0.1, -0.05) is 23.7 Å². The van der Waals surface area contributed by atoms with Crippen LogP contribution in [0.25, 0.3) is 21.5 Å². The average molecular weight is 306 g/mol. The third-order valence-corrected chi connectivity index (χ3v) is 3.86. The maximum absolute atomic E-state index is 12.3. The number of carbonyl (C=O) groups is 1. The Kier molecular flexibility index (Phi) is 3.33. The number of carbonyl (C=O) groups excluding carboxylic acids is 1. The molecule has 0 aliphatic heterocycles. The quantitative estimate of drug-likeness (QED) is 0.697. The van der Waals surface area contributed by atoms with Crippen molar-refractivity contribution in [3.8, 4) is 11.3 Å². The molecule has 0 atom stereocenters. The molecule has 3 rings (SSSR count). The molecule has 1 aromatic carbocycles. The molecule has 0 aliphatic carbocycles. The molecule has 3 aromatic rings. The molecule has 0 N–H and O–H groups in total. The molecule has 0 fully saturated rings. The van der Waals surface area contributed by atoms with Crippen molar-refractivity contribution in [2.45, 2.75) is 6.54 Å². The Bertz CT molecular complexity index is 839. The van der Waals surface area contributed by atoms with E-state index in [1.807, 2.05) is 0 Å². The standard InChI is InChI=1S/C13H8ClN3O2S/c14-9-3-1-8(2-4-9)11-10-12(20-16-11)15-7-17(5-6-18)13(10)19/h1-4,6-7H,5H2. The molecule has 2 aromatic heterocycles. The molecule has 0 saturated heterocycles. The van der Waals surface area contributed by atoms with Crippen molar-refractivity contribution >= 4 is 39.6 Å². The molecule has 100 valence electrons. The van der Waals surface area contributed by atoms with Gasteiger partial charge in [0.05, 0.1) is 18.6 Å². The van der Waals surface area contributed by atoms with Gasteiger partial charge in [0, 0.05) is 10.6 Å². The predicted octanol–water partition coefficient (Wildman–Crippen LogP) is 2.37. The van der Waals surface area contributed by atoms with Crippen LogP contribution in [-0.2, 0) is 11.3 Å². The Morgan fingerprint density at radius 2 is 2.05 bits per heavy atom.